The lowest BCUT2D eigenvalue weighted by molar-refractivity contribution is 0.166. The molecule has 1 N–H and O–H groups in total. The van der Waals surface area contributed by atoms with E-state index < -0.39 is 10.0 Å². The fourth-order valence-corrected chi connectivity index (χ4v) is 6.37. The predicted octanol–water partition coefficient (Wildman–Crippen LogP) is 3.17. The van der Waals surface area contributed by atoms with E-state index in [1.165, 1.54) is 31.4 Å². The second-order valence-electron chi connectivity index (χ2n) is 10.0. The zero-order chi connectivity index (χ0) is 25.7. The standard InChI is InChI=1S/C27H35N7O2S/c1-32(20-15-30-37(35,36)24-5-3-2-4-6-24)25-21-29-22-26(31-25)34-18-11-27(12-19-34)9-16-33(17-10-27)23-7-13-28-14-8-23/h2-8,13-14,21-22,30H,9-12,15-20H2,1H3. The lowest BCUT2D eigenvalue weighted by Crippen LogP contribution is -2.47. The predicted molar refractivity (Wildman–Crippen MR) is 146 cm³/mol. The number of pyridine rings is 1. The number of sulfonamides is 1. The summed E-state index contributed by atoms with van der Waals surface area (Å²) in [6.07, 6.45) is 12.1. The van der Waals surface area contributed by atoms with E-state index in [1.807, 2.05) is 30.5 Å². The summed E-state index contributed by atoms with van der Waals surface area (Å²) in [6.45, 7) is 4.92. The Morgan fingerprint density at radius 3 is 2.22 bits per heavy atom. The van der Waals surface area contributed by atoms with Crippen molar-refractivity contribution in [3.8, 4) is 0 Å². The maximum Gasteiger partial charge on any atom is 0.240 e. The smallest absolute Gasteiger partial charge is 0.240 e. The minimum Gasteiger partial charge on any atom is -0.371 e. The Labute approximate surface area is 219 Å². The molecule has 0 aliphatic carbocycles. The second-order valence-corrected chi connectivity index (χ2v) is 11.8. The average molecular weight is 522 g/mol. The van der Waals surface area contributed by atoms with Crippen LogP contribution < -0.4 is 19.4 Å². The van der Waals surface area contributed by atoms with Gasteiger partial charge in [0, 0.05) is 64.4 Å². The first kappa shape index (κ1) is 25.4. The Hall–Kier alpha value is -3.24. The molecule has 37 heavy (non-hydrogen) atoms. The van der Waals surface area contributed by atoms with Crippen LogP contribution in [0.4, 0.5) is 17.3 Å². The molecule has 2 aromatic heterocycles. The zero-order valence-electron chi connectivity index (χ0n) is 21.3. The van der Waals surface area contributed by atoms with E-state index in [2.05, 4.69) is 36.6 Å². The fraction of sp³-hybridized carbons (Fsp3) is 0.444. The monoisotopic (exact) mass is 521 g/mol. The van der Waals surface area contributed by atoms with Crippen molar-refractivity contribution in [3.63, 3.8) is 0 Å². The zero-order valence-corrected chi connectivity index (χ0v) is 22.1. The van der Waals surface area contributed by atoms with Gasteiger partial charge >= 0.3 is 0 Å². The highest BCUT2D eigenvalue weighted by molar-refractivity contribution is 7.89. The summed E-state index contributed by atoms with van der Waals surface area (Å²) in [7, 11) is -1.61. The second kappa shape index (κ2) is 11.0. The molecule has 2 fully saturated rings. The highest BCUT2D eigenvalue weighted by Gasteiger charge is 2.38. The molecule has 0 unspecified atom stereocenters. The molecule has 0 bridgehead atoms. The van der Waals surface area contributed by atoms with Gasteiger partial charge in [-0.05, 0) is 55.4 Å². The van der Waals surface area contributed by atoms with E-state index in [1.54, 1.807) is 36.5 Å². The van der Waals surface area contributed by atoms with E-state index >= 15 is 0 Å². The van der Waals surface area contributed by atoms with Crippen LogP contribution in [0.2, 0.25) is 0 Å². The quantitative estimate of drug-likeness (QED) is 0.483. The molecule has 0 radical (unpaired) electrons. The number of piperidine rings is 2. The van der Waals surface area contributed by atoms with Crippen LogP contribution in [0.5, 0.6) is 0 Å². The van der Waals surface area contributed by atoms with Crippen LogP contribution in [-0.2, 0) is 10.0 Å². The van der Waals surface area contributed by atoms with Crippen molar-refractivity contribution < 1.29 is 8.42 Å². The Bertz CT molecular complexity index is 1260. The van der Waals surface area contributed by atoms with E-state index in [-0.39, 0.29) is 11.4 Å². The number of benzene rings is 1. The van der Waals surface area contributed by atoms with Gasteiger partial charge in [0.2, 0.25) is 10.0 Å². The molecule has 0 amide bonds. The summed E-state index contributed by atoms with van der Waals surface area (Å²) >= 11 is 0. The van der Waals surface area contributed by atoms with E-state index in [0.717, 1.165) is 37.8 Å². The summed E-state index contributed by atoms with van der Waals surface area (Å²) in [6, 6.07) is 12.6. The van der Waals surface area contributed by atoms with Crippen molar-refractivity contribution in [1.29, 1.82) is 0 Å². The van der Waals surface area contributed by atoms with Crippen LogP contribution in [0.15, 0.2) is 72.1 Å². The van der Waals surface area contributed by atoms with Crippen LogP contribution in [0.25, 0.3) is 0 Å². The number of rotatable bonds is 8. The third-order valence-corrected chi connectivity index (χ3v) is 9.27. The topological polar surface area (TPSA) is 94.6 Å². The molecule has 0 atom stereocenters. The van der Waals surface area contributed by atoms with Gasteiger partial charge in [-0.15, -0.1) is 0 Å². The van der Waals surface area contributed by atoms with Crippen molar-refractivity contribution in [3.05, 3.63) is 67.3 Å². The van der Waals surface area contributed by atoms with Crippen LogP contribution in [0, 0.1) is 5.41 Å². The largest absolute Gasteiger partial charge is 0.371 e. The van der Waals surface area contributed by atoms with Crippen LogP contribution in [0.1, 0.15) is 25.7 Å². The van der Waals surface area contributed by atoms with Crippen molar-refractivity contribution in [2.24, 2.45) is 5.41 Å². The van der Waals surface area contributed by atoms with Crippen LogP contribution in [0.3, 0.4) is 0 Å². The summed E-state index contributed by atoms with van der Waals surface area (Å²) in [5, 5.41) is 0. The van der Waals surface area contributed by atoms with Gasteiger partial charge in [0.05, 0.1) is 17.3 Å². The molecule has 3 aromatic rings. The van der Waals surface area contributed by atoms with Gasteiger partial charge < -0.3 is 14.7 Å². The van der Waals surface area contributed by atoms with Gasteiger partial charge in [-0.25, -0.2) is 18.1 Å². The first-order valence-corrected chi connectivity index (χ1v) is 14.4. The highest BCUT2D eigenvalue weighted by atomic mass is 32.2. The maximum atomic E-state index is 12.5. The van der Waals surface area contributed by atoms with Gasteiger partial charge in [-0.1, -0.05) is 18.2 Å². The first-order valence-electron chi connectivity index (χ1n) is 12.9. The summed E-state index contributed by atoms with van der Waals surface area (Å²) in [5.41, 5.74) is 1.68. The highest BCUT2D eigenvalue weighted by Crippen LogP contribution is 2.42. The lowest BCUT2D eigenvalue weighted by Gasteiger charge is -2.47. The number of hydrogen-bond donors (Lipinski definition) is 1. The number of likely N-dealkylation sites (N-methyl/N-ethyl adjacent to an activating group) is 1. The lowest BCUT2D eigenvalue weighted by atomic mass is 9.71. The number of hydrogen-bond acceptors (Lipinski definition) is 8. The fourth-order valence-electron chi connectivity index (χ4n) is 5.33. The summed E-state index contributed by atoms with van der Waals surface area (Å²) < 4.78 is 27.6. The normalized spacial score (nSPS) is 17.6. The van der Waals surface area contributed by atoms with Gasteiger partial charge in [0.15, 0.2) is 0 Å². The average Bonchev–Trinajstić information content (AvgIpc) is 2.95. The van der Waals surface area contributed by atoms with Gasteiger partial charge in [0.1, 0.15) is 11.6 Å². The van der Waals surface area contributed by atoms with Crippen molar-refractivity contribution >= 4 is 27.3 Å². The number of nitrogens with zero attached hydrogens (tertiary/aromatic N) is 6. The number of nitrogens with one attached hydrogen (secondary N) is 1. The molecule has 4 heterocycles. The summed E-state index contributed by atoms with van der Waals surface area (Å²) in [5.74, 6) is 1.63. The summed E-state index contributed by atoms with van der Waals surface area (Å²) in [4.78, 5) is 20.4. The molecule has 2 aliphatic heterocycles. The van der Waals surface area contributed by atoms with E-state index in [9.17, 15) is 8.42 Å². The first-order chi connectivity index (χ1) is 17.9. The Morgan fingerprint density at radius 2 is 1.54 bits per heavy atom. The maximum absolute atomic E-state index is 12.5. The van der Waals surface area contributed by atoms with Crippen molar-refractivity contribution in [2.75, 3.05) is 61.0 Å². The molecule has 10 heteroatoms. The number of anilines is 3. The molecular weight excluding hydrogens is 486 g/mol. The van der Waals surface area contributed by atoms with Gasteiger partial charge in [0.25, 0.3) is 0 Å². The molecule has 196 valence electrons. The Kier molecular flexibility index (Phi) is 7.57. The minimum absolute atomic E-state index is 0.269. The molecule has 0 saturated carbocycles. The third kappa shape index (κ3) is 6.02. The SMILES string of the molecule is CN(CCNS(=O)(=O)c1ccccc1)c1cncc(N2CCC3(CCN(c4ccncc4)CC3)CC2)n1. The minimum atomic E-state index is -3.52. The molecule has 5 rings (SSSR count). The molecule has 2 aliphatic rings. The Balaban J connectivity index is 1.12. The molecule has 1 spiro atoms. The van der Waals surface area contributed by atoms with Crippen molar-refractivity contribution in [1.82, 2.24) is 19.7 Å². The van der Waals surface area contributed by atoms with Gasteiger partial charge in [-0.2, -0.15) is 0 Å². The van der Waals surface area contributed by atoms with Crippen molar-refractivity contribution in [2.45, 2.75) is 30.6 Å². The number of aromatic nitrogens is 3. The molecule has 9 nitrogen and oxygen atoms in total. The Morgan fingerprint density at radius 1 is 0.892 bits per heavy atom. The molecule has 1 aromatic carbocycles. The van der Waals surface area contributed by atoms with Crippen LogP contribution >= 0.6 is 0 Å². The third-order valence-electron chi connectivity index (χ3n) is 7.79. The van der Waals surface area contributed by atoms with E-state index in [4.69, 9.17) is 4.98 Å². The van der Waals surface area contributed by atoms with Crippen LogP contribution in [-0.4, -0.2) is 69.7 Å². The molecule has 2 saturated heterocycles. The van der Waals surface area contributed by atoms with Gasteiger partial charge in [-0.3, -0.25) is 9.97 Å². The van der Waals surface area contributed by atoms with E-state index in [0.29, 0.717) is 12.0 Å². The molecular formula is C27H35N7O2S.